The first-order chi connectivity index (χ1) is 19.5. The summed E-state index contributed by atoms with van der Waals surface area (Å²) in [6, 6.07) is 13.9. The molecule has 0 bridgehead atoms. The van der Waals surface area contributed by atoms with E-state index in [2.05, 4.69) is 25.1 Å². The summed E-state index contributed by atoms with van der Waals surface area (Å²) in [5, 5.41) is 3.45. The molecule has 10 heteroatoms. The molecule has 0 spiro atoms. The molecule has 2 N–H and O–H groups in total. The van der Waals surface area contributed by atoms with Crippen LogP contribution in [0.4, 0.5) is 18.9 Å². The Morgan fingerprint density at radius 2 is 1.80 bits per heavy atom. The van der Waals surface area contributed by atoms with Gasteiger partial charge in [-0.15, -0.1) is 0 Å². The van der Waals surface area contributed by atoms with E-state index in [0.717, 1.165) is 60.4 Å². The van der Waals surface area contributed by atoms with Crippen LogP contribution < -0.4 is 10.9 Å². The summed E-state index contributed by atoms with van der Waals surface area (Å²) in [7, 11) is 2.02. The second-order valence-electron chi connectivity index (χ2n) is 10.4. The number of anilines is 1. The Kier molecular flexibility index (Phi) is 8.05. The first-order valence-corrected chi connectivity index (χ1v) is 13.2. The lowest BCUT2D eigenvalue weighted by atomic mass is 10.0. The monoisotopic (exact) mass is 561 g/mol. The van der Waals surface area contributed by atoms with Crippen molar-refractivity contribution in [1.82, 2.24) is 19.8 Å². The molecule has 2 aromatic carbocycles. The smallest absolute Gasteiger partial charge is 0.322 e. The number of likely N-dealkylation sites (N-methyl/N-ethyl adjacent to an activating group) is 1. The number of halogens is 3. The average molecular weight is 562 g/mol. The number of rotatable bonds is 6. The molecule has 1 amide bonds. The number of carbonyl (C=O) groups excluding carboxylic acids is 1. The fourth-order valence-electron chi connectivity index (χ4n) is 4.78. The lowest BCUT2D eigenvalue weighted by molar-refractivity contribution is -0.137. The van der Waals surface area contributed by atoms with Crippen LogP contribution in [0.25, 0.3) is 23.2 Å². The Bertz CT molecular complexity index is 1670. The minimum absolute atomic E-state index is 0.104. The molecule has 0 unspecified atom stereocenters. The van der Waals surface area contributed by atoms with E-state index in [9.17, 15) is 22.8 Å². The number of nitrogens with zero attached hydrogens (tertiary/aromatic N) is 3. The van der Waals surface area contributed by atoms with Gasteiger partial charge in [-0.05, 0) is 78.7 Å². The normalized spacial score (nSPS) is 15.0. The summed E-state index contributed by atoms with van der Waals surface area (Å²) in [6.45, 7) is 5.52. The van der Waals surface area contributed by atoms with Crippen molar-refractivity contribution in [3.8, 4) is 0 Å². The van der Waals surface area contributed by atoms with Crippen LogP contribution in [0, 0.1) is 6.92 Å². The van der Waals surface area contributed by atoms with Crippen LogP contribution in [0.1, 0.15) is 38.2 Å². The number of H-pyrrole nitrogens is 1. The van der Waals surface area contributed by atoms with E-state index in [4.69, 9.17) is 0 Å². The minimum atomic E-state index is -4.54. The molecule has 2 aromatic heterocycles. The quantitative estimate of drug-likeness (QED) is 0.329. The zero-order valence-corrected chi connectivity index (χ0v) is 22.8. The van der Waals surface area contributed by atoms with Gasteiger partial charge in [-0.3, -0.25) is 14.5 Å². The average Bonchev–Trinajstić information content (AvgIpc) is 2.93. The SMILES string of the molecule is Cc1ccc(C(=O)Nc2cc(CN3CCN(C)CC3)cc(C(F)(F)F)c2)cc1/C=C/c1cnc2[nH]c(=O)ccc2c1. The molecule has 41 heavy (non-hydrogen) atoms. The Morgan fingerprint density at radius 3 is 2.56 bits per heavy atom. The van der Waals surface area contributed by atoms with Gasteiger partial charge < -0.3 is 15.2 Å². The van der Waals surface area contributed by atoms with Gasteiger partial charge in [0.2, 0.25) is 5.56 Å². The first-order valence-electron chi connectivity index (χ1n) is 13.2. The number of fused-ring (bicyclic) bond motifs is 1. The number of benzene rings is 2. The highest BCUT2D eigenvalue weighted by Crippen LogP contribution is 2.32. The first kappa shape index (κ1) is 28.3. The van der Waals surface area contributed by atoms with Crippen molar-refractivity contribution >= 4 is 34.8 Å². The molecule has 212 valence electrons. The minimum Gasteiger partial charge on any atom is -0.322 e. The predicted octanol–water partition coefficient (Wildman–Crippen LogP) is 5.42. The zero-order valence-electron chi connectivity index (χ0n) is 22.8. The third-order valence-electron chi connectivity index (χ3n) is 7.17. The molecular formula is C31H30F3N5O2. The van der Waals surface area contributed by atoms with E-state index in [-0.39, 0.29) is 11.2 Å². The van der Waals surface area contributed by atoms with Crippen LogP contribution in [-0.4, -0.2) is 58.9 Å². The maximum atomic E-state index is 13.7. The van der Waals surface area contributed by atoms with Crippen molar-refractivity contribution in [2.75, 3.05) is 38.5 Å². The van der Waals surface area contributed by atoms with Gasteiger partial charge in [-0.1, -0.05) is 18.2 Å². The van der Waals surface area contributed by atoms with E-state index in [0.29, 0.717) is 23.3 Å². The fourth-order valence-corrected chi connectivity index (χ4v) is 4.78. The second-order valence-corrected chi connectivity index (χ2v) is 10.4. The molecule has 1 aliphatic rings. The second kappa shape index (κ2) is 11.7. The lowest BCUT2D eigenvalue weighted by Gasteiger charge is -2.32. The molecule has 0 saturated carbocycles. The number of pyridine rings is 2. The Hall–Kier alpha value is -4.28. The van der Waals surface area contributed by atoms with Crippen molar-refractivity contribution in [2.45, 2.75) is 19.6 Å². The molecule has 0 aliphatic carbocycles. The van der Waals surface area contributed by atoms with Crippen molar-refractivity contribution in [1.29, 1.82) is 0 Å². The predicted molar refractivity (Wildman–Crippen MR) is 155 cm³/mol. The number of alkyl halides is 3. The fraction of sp³-hybridized carbons (Fsp3) is 0.258. The lowest BCUT2D eigenvalue weighted by Crippen LogP contribution is -2.43. The van der Waals surface area contributed by atoms with Gasteiger partial charge in [0.25, 0.3) is 5.91 Å². The number of amides is 1. The molecule has 0 atom stereocenters. The topological polar surface area (TPSA) is 81.3 Å². The van der Waals surface area contributed by atoms with Crippen LogP contribution in [0.5, 0.6) is 0 Å². The molecule has 4 aromatic rings. The molecule has 0 radical (unpaired) electrons. The summed E-state index contributed by atoms with van der Waals surface area (Å²) in [5.41, 5.74) is 2.90. The largest absolute Gasteiger partial charge is 0.416 e. The maximum Gasteiger partial charge on any atom is 0.416 e. The van der Waals surface area contributed by atoms with Crippen molar-refractivity contribution in [2.24, 2.45) is 0 Å². The number of aryl methyl sites for hydroxylation is 1. The van der Waals surface area contributed by atoms with Gasteiger partial charge in [0.15, 0.2) is 0 Å². The maximum absolute atomic E-state index is 13.7. The van der Waals surface area contributed by atoms with Gasteiger partial charge in [0.1, 0.15) is 5.65 Å². The van der Waals surface area contributed by atoms with Gasteiger partial charge in [0.05, 0.1) is 5.56 Å². The van der Waals surface area contributed by atoms with Crippen molar-refractivity contribution < 1.29 is 18.0 Å². The third kappa shape index (κ3) is 7.08. The van der Waals surface area contributed by atoms with Crippen LogP contribution in [0.15, 0.2) is 65.6 Å². The summed E-state index contributed by atoms with van der Waals surface area (Å²) in [5.74, 6) is -0.499. The Labute approximate surface area is 235 Å². The van der Waals surface area contributed by atoms with Gasteiger partial charge in [-0.25, -0.2) is 4.98 Å². The Balaban J connectivity index is 1.35. The molecule has 3 heterocycles. The van der Waals surface area contributed by atoms with Crippen molar-refractivity contribution in [3.05, 3.63) is 105 Å². The highest BCUT2D eigenvalue weighted by Gasteiger charge is 2.31. The highest BCUT2D eigenvalue weighted by molar-refractivity contribution is 6.05. The van der Waals surface area contributed by atoms with E-state index in [1.807, 2.05) is 32.2 Å². The number of hydrogen-bond acceptors (Lipinski definition) is 5. The Morgan fingerprint density at radius 1 is 1.02 bits per heavy atom. The molecular weight excluding hydrogens is 531 g/mol. The number of nitrogens with one attached hydrogen (secondary N) is 2. The van der Waals surface area contributed by atoms with E-state index < -0.39 is 17.6 Å². The standard InChI is InChI=1S/C31H30F3N5O2/c1-20-3-5-25(16-23(20)6-4-21-13-24-7-8-28(40)37-29(24)35-18-21)30(41)36-27-15-22(14-26(17-27)31(32,33)34)19-39-11-9-38(2)10-12-39/h3-8,13-18H,9-12,19H2,1-2H3,(H,36,41)(H,35,37,40)/b6-4+. The molecule has 1 saturated heterocycles. The zero-order chi connectivity index (χ0) is 29.1. The number of aromatic amines is 1. The number of piperazine rings is 1. The summed E-state index contributed by atoms with van der Waals surface area (Å²) in [6.07, 6.45) is 0.790. The molecule has 7 nitrogen and oxygen atoms in total. The number of carbonyl (C=O) groups is 1. The summed E-state index contributed by atoms with van der Waals surface area (Å²) >= 11 is 0. The van der Waals surface area contributed by atoms with Gasteiger partial charge in [-0.2, -0.15) is 13.2 Å². The highest BCUT2D eigenvalue weighted by atomic mass is 19.4. The number of hydrogen-bond donors (Lipinski definition) is 2. The molecule has 5 rings (SSSR count). The van der Waals surface area contributed by atoms with E-state index >= 15 is 0 Å². The van der Waals surface area contributed by atoms with Crippen LogP contribution in [0.3, 0.4) is 0 Å². The summed E-state index contributed by atoms with van der Waals surface area (Å²) < 4.78 is 41.1. The third-order valence-corrected chi connectivity index (χ3v) is 7.17. The molecule has 1 aliphatic heterocycles. The van der Waals surface area contributed by atoms with Gasteiger partial charge in [0, 0.05) is 61.6 Å². The molecule has 1 fully saturated rings. The van der Waals surface area contributed by atoms with E-state index in [1.54, 1.807) is 36.5 Å². The van der Waals surface area contributed by atoms with Crippen LogP contribution in [0.2, 0.25) is 0 Å². The van der Waals surface area contributed by atoms with Gasteiger partial charge >= 0.3 is 6.18 Å². The van der Waals surface area contributed by atoms with Crippen molar-refractivity contribution in [3.63, 3.8) is 0 Å². The number of aromatic nitrogens is 2. The summed E-state index contributed by atoms with van der Waals surface area (Å²) in [4.78, 5) is 35.9. The van der Waals surface area contributed by atoms with E-state index in [1.165, 1.54) is 6.07 Å². The van der Waals surface area contributed by atoms with Crippen LogP contribution in [-0.2, 0) is 12.7 Å². The van der Waals surface area contributed by atoms with Crippen LogP contribution >= 0.6 is 0 Å².